The Morgan fingerprint density at radius 1 is 0.889 bits per heavy atom. The van der Waals surface area contributed by atoms with Crippen LogP contribution in [0.15, 0.2) is 42.5 Å². The van der Waals surface area contributed by atoms with E-state index < -0.39 is 24.1 Å². The highest BCUT2D eigenvalue weighted by Gasteiger charge is 2.53. The molecule has 1 aromatic heterocycles. The second kappa shape index (κ2) is 18.3. The van der Waals surface area contributed by atoms with Gasteiger partial charge in [-0.1, -0.05) is 71.6 Å². The van der Waals surface area contributed by atoms with Gasteiger partial charge in [0.05, 0.1) is 31.0 Å². The fraction of sp³-hybridized carbons (Fsp3) is 0.622. The Balaban J connectivity index is 1.76. The van der Waals surface area contributed by atoms with Gasteiger partial charge in [-0.25, -0.2) is 4.39 Å². The SMILES string of the molecule is CCCCOC[C@@H]1C[C@H](OCCCC)[C@H](OCCCC)C(O)(c2cc(Cc3cc4ccccc4s3)c(F)cc2OCCCC)O1. The number of aliphatic hydroxyl groups is 1. The third kappa shape index (κ3) is 9.72. The molecule has 1 saturated heterocycles. The number of hydrogen-bond donors (Lipinski definition) is 1. The quantitative estimate of drug-likeness (QED) is 0.124. The van der Waals surface area contributed by atoms with E-state index in [9.17, 15) is 5.11 Å². The lowest BCUT2D eigenvalue weighted by Gasteiger charge is -2.47. The normalized spacial score (nSPS) is 21.9. The highest BCUT2D eigenvalue weighted by Crippen LogP contribution is 2.44. The Bertz CT molecular complexity index is 1260. The van der Waals surface area contributed by atoms with Crippen molar-refractivity contribution < 1.29 is 33.2 Å². The molecular weight excluding hydrogens is 591 g/mol. The van der Waals surface area contributed by atoms with Gasteiger partial charge in [-0.05, 0) is 54.8 Å². The molecule has 1 aliphatic rings. The first-order valence-electron chi connectivity index (χ1n) is 17.1. The van der Waals surface area contributed by atoms with Crippen molar-refractivity contribution in [2.24, 2.45) is 0 Å². The monoisotopic (exact) mass is 644 g/mol. The number of halogens is 1. The van der Waals surface area contributed by atoms with Gasteiger partial charge in [0.1, 0.15) is 17.7 Å². The van der Waals surface area contributed by atoms with Gasteiger partial charge in [-0.15, -0.1) is 11.3 Å². The predicted molar refractivity (Wildman–Crippen MR) is 180 cm³/mol. The summed E-state index contributed by atoms with van der Waals surface area (Å²) >= 11 is 1.65. The molecule has 0 bridgehead atoms. The van der Waals surface area contributed by atoms with Crippen LogP contribution in [0.5, 0.6) is 5.75 Å². The van der Waals surface area contributed by atoms with E-state index in [2.05, 4.69) is 45.9 Å². The van der Waals surface area contributed by atoms with Crippen molar-refractivity contribution >= 4 is 21.4 Å². The van der Waals surface area contributed by atoms with E-state index in [0.29, 0.717) is 57.0 Å². The molecule has 0 amide bonds. The van der Waals surface area contributed by atoms with E-state index in [-0.39, 0.29) is 11.6 Å². The van der Waals surface area contributed by atoms with E-state index >= 15 is 4.39 Å². The molecule has 4 atom stereocenters. The highest BCUT2D eigenvalue weighted by molar-refractivity contribution is 7.19. The summed E-state index contributed by atoms with van der Waals surface area (Å²) in [6, 6.07) is 13.4. The maximum absolute atomic E-state index is 15.8. The third-order valence-electron chi connectivity index (χ3n) is 8.27. The number of fused-ring (bicyclic) bond motifs is 1. The molecule has 1 N–H and O–H groups in total. The van der Waals surface area contributed by atoms with Gasteiger partial charge in [0.15, 0.2) is 0 Å². The molecule has 8 heteroatoms. The summed E-state index contributed by atoms with van der Waals surface area (Å²) in [5, 5.41) is 13.9. The molecule has 3 aromatic rings. The second-order valence-electron chi connectivity index (χ2n) is 12.1. The average Bonchev–Trinajstić information content (AvgIpc) is 3.44. The van der Waals surface area contributed by atoms with Crippen LogP contribution in [0, 0.1) is 5.82 Å². The average molecular weight is 645 g/mol. The zero-order chi connectivity index (χ0) is 32.1. The van der Waals surface area contributed by atoms with Crippen LogP contribution in [0.1, 0.15) is 101 Å². The fourth-order valence-electron chi connectivity index (χ4n) is 5.67. The predicted octanol–water partition coefficient (Wildman–Crippen LogP) is 8.93. The Morgan fingerprint density at radius 3 is 2.31 bits per heavy atom. The summed E-state index contributed by atoms with van der Waals surface area (Å²) in [6.45, 7) is 10.8. The highest BCUT2D eigenvalue weighted by atomic mass is 32.1. The minimum absolute atomic E-state index is 0.271. The van der Waals surface area contributed by atoms with Crippen molar-refractivity contribution in [3.05, 3.63) is 64.3 Å². The lowest BCUT2D eigenvalue weighted by molar-refractivity contribution is -0.348. The number of thiophene rings is 1. The van der Waals surface area contributed by atoms with Gasteiger partial charge in [0, 0.05) is 48.3 Å². The molecule has 0 spiro atoms. The van der Waals surface area contributed by atoms with Crippen molar-refractivity contribution in [3.63, 3.8) is 0 Å². The molecule has 250 valence electrons. The van der Waals surface area contributed by atoms with Crippen LogP contribution < -0.4 is 4.74 Å². The standard InChI is InChI=1S/C37H53FO6S/c1-5-9-17-40-26-29-24-34(42-19-11-7-3)36(43-20-12-8-4)37(39,44-29)31-23-28(32(38)25-33(31)41-18-10-6-2)22-30-21-27-15-13-14-16-35(27)45-30/h13-16,21,23,25,29,34,36,39H,5-12,17-20,22,24,26H2,1-4H3/t29-,34-,36-,37?/m0/s1. The molecule has 1 fully saturated rings. The minimum atomic E-state index is -1.94. The summed E-state index contributed by atoms with van der Waals surface area (Å²) in [6.07, 6.45) is 6.57. The van der Waals surface area contributed by atoms with Crippen LogP contribution in [-0.4, -0.2) is 56.5 Å². The maximum Gasteiger partial charge on any atom is 0.226 e. The van der Waals surface area contributed by atoms with E-state index in [1.807, 2.05) is 12.1 Å². The maximum atomic E-state index is 15.8. The number of benzene rings is 2. The Hall–Kier alpha value is -2.07. The second-order valence-corrected chi connectivity index (χ2v) is 13.2. The van der Waals surface area contributed by atoms with Crippen LogP contribution >= 0.6 is 11.3 Å². The van der Waals surface area contributed by atoms with Gasteiger partial charge in [0.2, 0.25) is 5.79 Å². The van der Waals surface area contributed by atoms with Crippen molar-refractivity contribution in [2.75, 3.05) is 33.0 Å². The van der Waals surface area contributed by atoms with E-state index in [1.165, 1.54) is 6.07 Å². The minimum Gasteiger partial charge on any atom is -0.493 e. The number of rotatable bonds is 20. The summed E-state index contributed by atoms with van der Waals surface area (Å²) in [7, 11) is 0. The number of ether oxygens (including phenoxy) is 5. The van der Waals surface area contributed by atoms with Crippen molar-refractivity contribution in [1.82, 2.24) is 0 Å². The van der Waals surface area contributed by atoms with Crippen LogP contribution in [-0.2, 0) is 31.2 Å². The van der Waals surface area contributed by atoms with Gasteiger partial charge < -0.3 is 28.8 Å². The molecule has 2 aromatic carbocycles. The lowest BCUT2D eigenvalue weighted by Crippen LogP contribution is -2.58. The molecule has 0 saturated carbocycles. The summed E-state index contributed by atoms with van der Waals surface area (Å²) in [5.74, 6) is -2.04. The zero-order valence-electron chi connectivity index (χ0n) is 27.7. The molecule has 45 heavy (non-hydrogen) atoms. The van der Waals surface area contributed by atoms with E-state index in [4.69, 9.17) is 23.7 Å². The van der Waals surface area contributed by atoms with Gasteiger partial charge in [-0.3, -0.25) is 0 Å². The van der Waals surface area contributed by atoms with Crippen LogP contribution in [0.25, 0.3) is 10.1 Å². The molecule has 6 nitrogen and oxygen atoms in total. The molecule has 2 heterocycles. The topological polar surface area (TPSA) is 66.4 Å². The molecule has 0 radical (unpaired) electrons. The third-order valence-corrected chi connectivity index (χ3v) is 9.38. The largest absolute Gasteiger partial charge is 0.493 e. The lowest BCUT2D eigenvalue weighted by atomic mass is 9.87. The van der Waals surface area contributed by atoms with Crippen molar-refractivity contribution in [3.8, 4) is 5.75 Å². The fourth-order valence-corrected chi connectivity index (χ4v) is 6.75. The van der Waals surface area contributed by atoms with Crippen LogP contribution in [0.4, 0.5) is 4.39 Å². The first-order valence-corrected chi connectivity index (χ1v) is 17.9. The van der Waals surface area contributed by atoms with E-state index in [0.717, 1.165) is 66.3 Å². The van der Waals surface area contributed by atoms with Crippen LogP contribution in [0.3, 0.4) is 0 Å². The Kier molecular flexibility index (Phi) is 14.6. The number of hydrogen-bond acceptors (Lipinski definition) is 7. The van der Waals surface area contributed by atoms with Gasteiger partial charge >= 0.3 is 0 Å². The molecular formula is C37H53FO6S. The molecule has 4 rings (SSSR count). The van der Waals surface area contributed by atoms with E-state index in [1.54, 1.807) is 17.4 Å². The number of unbranched alkanes of at least 4 members (excludes halogenated alkanes) is 4. The Labute approximate surface area is 273 Å². The first kappa shape index (κ1) is 35.8. The summed E-state index contributed by atoms with van der Waals surface area (Å²) < 4.78 is 48.6. The molecule has 1 unspecified atom stereocenters. The first-order chi connectivity index (χ1) is 21.9. The molecule has 1 aliphatic heterocycles. The summed E-state index contributed by atoms with van der Waals surface area (Å²) in [4.78, 5) is 1.04. The van der Waals surface area contributed by atoms with Crippen molar-refractivity contribution in [1.29, 1.82) is 0 Å². The Morgan fingerprint density at radius 2 is 1.58 bits per heavy atom. The van der Waals surface area contributed by atoms with Gasteiger partial charge in [0.25, 0.3) is 0 Å². The summed E-state index contributed by atoms with van der Waals surface area (Å²) in [5.41, 5.74) is 0.841. The van der Waals surface area contributed by atoms with Crippen LogP contribution in [0.2, 0.25) is 0 Å². The molecule has 0 aliphatic carbocycles. The smallest absolute Gasteiger partial charge is 0.226 e. The van der Waals surface area contributed by atoms with Gasteiger partial charge in [-0.2, -0.15) is 0 Å². The van der Waals surface area contributed by atoms with Crippen molar-refractivity contribution in [2.45, 2.75) is 116 Å². The zero-order valence-corrected chi connectivity index (χ0v) is 28.5.